The van der Waals surface area contributed by atoms with Gasteiger partial charge in [0.15, 0.2) is 9.84 Å². The van der Waals surface area contributed by atoms with E-state index in [1.54, 1.807) is 11.3 Å². The van der Waals surface area contributed by atoms with Crippen LogP contribution in [0.3, 0.4) is 0 Å². The second-order valence-corrected chi connectivity index (χ2v) is 13.5. The van der Waals surface area contributed by atoms with Gasteiger partial charge in [0.2, 0.25) is 0 Å². The Kier molecular flexibility index (Phi) is 6.18. The van der Waals surface area contributed by atoms with Crippen molar-refractivity contribution in [3.05, 3.63) is 115 Å². The molecule has 0 atom stereocenters. The Morgan fingerprint density at radius 3 is 1.45 bits per heavy atom. The molecule has 7 rings (SSSR count). The summed E-state index contributed by atoms with van der Waals surface area (Å²) in [6, 6.07) is 39.8. The van der Waals surface area contributed by atoms with Crippen molar-refractivity contribution < 1.29 is 8.42 Å². The average Bonchev–Trinajstić information content (AvgIpc) is 3.43. The minimum atomic E-state index is -3.52. The van der Waals surface area contributed by atoms with Gasteiger partial charge >= 0.3 is 0 Å². The Balaban J connectivity index is 1.62. The first-order chi connectivity index (χ1) is 19.5. The third-order valence-electron chi connectivity index (χ3n) is 7.82. The lowest BCUT2D eigenvalue weighted by Crippen LogP contribution is -2.06. The fraction of sp³-hybridized carbons (Fsp3) is 0.111. The van der Waals surface area contributed by atoms with Gasteiger partial charge in [0.05, 0.1) is 15.5 Å². The van der Waals surface area contributed by atoms with Crippen LogP contribution in [-0.2, 0) is 9.84 Å². The van der Waals surface area contributed by atoms with Crippen LogP contribution < -0.4 is 0 Å². The van der Waals surface area contributed by atoms with Gasteiger partial charge in [0, 0.05) is 16.0 Å². The molecule has 0 saturated carbocycles. The second-order valence-electron chi connectivity index (χ2n) is 10.4. The zero-order valence-corrected chi connectivity index (χ0v) is 23.9. The van der Waals surface area contributed by atoms with E-state index >= 15 is 0 Å². The summed E-state index contributed by atoms with van der Waals surface area (Å²) in [5, 5.41) is 8.93. The Bertz CT molecular complexity index is 2060. The van der Waals surface area contributed by atoms with Crippen LogP contribution in [0, 0.1) is 0 Å². The summed E-state index contributed by atoms with van der Waals surface area (Å²) in [5.74, 6) is 0.145. The number of hydrogen-bond donors (Lipinski definition) is 0. The second kappa shape index (κ2) is 9.88. The molecule has 0 spiro atoms. The molecule has 6 aromatic carbocycles. The highest BCUT2D eigenvalue weighted by molar-refractivity contribution is 7.91. The predicted molar refractivity (Wildman–Crippen MR) is 172 cm³/mol. The standard InChI is InChI=1S/C36H28O2S2/c1-2-3-20-40(37,38)33-23-32(34-28-16-8-4-12-24(28)21-25-13-5-9-17-29(25)34)39-36(33)35-30-18-10-6-14-26(30)22-27-15-7-11-19-31(27)35/h4-19,21-23H,2-3,20H2,1H3. The monoisotopic (exact) mass is 556 g/mol. The first kappa shape index (κ1) is 25.0. The largest absolute Gasteiger partial charge is 0.224 e. The molecule has 0 radical (unpaired) electrons. The maximum absolute atomic E-state index is 14.0. The fourth-order valence-electron chi connectivity index (χ4n) is 5.88. The van der Waals surface area contributed by atoms with Crippen LogP contribution in [0.15, 0.2) is 120 Å². The molecule has 2 nitrogen and oxygen atoms in total. The molecule has 0 aliphatic rings. The van der Waals surface area contributed by atoms with Crippen molar-refractivity contribution in [2.75, 3.05) is 5.75 Å². The quantitative estimate of drug-likeness (QED) is 0.191. The zero-order valence-electron chi connectivity index (χ0n) is 22.2. The average molecular weight is 557 g/mol. The number of rotatable bonds is 6. The van der Waals surface area contributed by atoms with Gasteiger partial charge in [-0.05, 0) is 67.7 Å². The Morgan fingerprint density at radius 2 is 1.00 bits per heavy atom. The van der Waals surface area contributed by atoms with Gasteiger partial charge in [-0.25, -0.2) is 8.42 Å². The van der Waals surface area contributed by atoms with E-state index in [-0.39, 0.29) is 5.75 Å². The molecule has 1 heterocycles. The highest BCUT2D eigenvalue weighted by atomic mass is 32.2. The van der Waals surface area contributed by atoms with E-state index in [0.29, 0.717) is 11.3 Å². The molecule has 0 bridgehead atoms. The summed E-state index contributed by atoms with van der Waals surface area (Å²) < 4.78 is 28.1. The molecule has 40 heavy (non-hydrogen) atoms. The van der Waals surface area contributed by atoms with Gasteiger partial charge in [-0.15, -0.1) is 11.3 Å². The van der Waals surface area contributed by atoms with Crippen LogP contribution in [0.1, 0.15) is 19.8 Å². The molecule has 0 N–H and O–H groups in total. The van der Waals surface area contributed by atoms with E-state index in [2.05, 4.69) is 84.9 Å². The van der Waals surface area contributed by atoms with Crippen LogP contribution in [-0.4, -0.2) is 14.2 Å². The van der Waals surface area contributed by atoms with Crippen LogP contribution in [0.5, 0.6) is 0 Å². The summed E-state index contributed by atoms with van der Waals surface area (Å²) in [4.78, 5) is 2.26. The molecular weight excluding hydrogens is 529 g/mol. The SMILES string of the molecule is CCCCS(=O)(=O)c1cc(-c2c3ccccc3cc3ccccc23)sc1-c1c2ccccc2cc2ccccc12. The number of benzene rings is 6. The van der Waals surface area contributed by atoms with Crippen molar-refractivity contribution in [3.8, 4) is 20.9 Å². The summed E-state index contributed by atoms with van der Waals surface area (Å²) >= 11 is 1.61. The Morgan fingerprint density at radius 1 is 0.575 bits per heavy atom. The lowest BCUT2D eigenvalue weighted by atomic mass is 9.95. The van der Waals surface area contributed by atoms with Gasteiger partial charge in [-0.3, -0.25) is 0 Å². The van der Waals surface area contributed by atoms with Gasteiger partial charge < -0.3 is 0 Å². The minimum Gasteiger partial charge on any atom is -0.224 e. The van der Waals surface area contributed by atoms with Crippen molar-refractivity contribution >= 4 is 64.3 Å². The first-order valence-corrected chi connectivity index (χ1v) is 16.2. The minimum absolute atomic E-state index is 0.145. The molecule has 196 valence electrons. The van der Waals surface area contributed by atoms with Crippen molar-refractivity contribution in [1.29, 1.82) is 0 Å². The molecule has 0 amide bonds. The van der Waals surface area contributed by atoms with E-state index in [1.165, 1.54) is 0 Å². The summed E-state index contributed by atoms with van der Waals surface area (Å²) in [6.45, 7) is 2.04. The number of fused-ring (bicyclic) bond motifs is 4. The normalized spacial score (nSPS) is 12.1. The number of unbranched alkanes of at least 4 members (excludes halogenated alkanes) is 1. The van der Waals surface area contributed by atoms with Crippen LogP contribution in [0.4, 0.5) is 0 Å². The molecular formula is C36H28O2S2. The van der Waals surface area contributed by atoms with E-state index in [9.17, 15) is 8.42 Å². The first-order valence-electron chi connectivity index (χ1n) is 13.7. The van der Waals surface area contributed by atoms with E-state index < -0.39 is 9.84 Å². The van der Waals surface area contributed by atoms with Gasteiger partial charge in [0.25, 0.3) is 0 Å². The van der Waals surface area contributed by atoms with Crippen LogP contribution in [0.2, 0.25) is 0 Å². The molecule has 1 aromatic heterocycles. The third kappa shape index (κ3) is 4.11. The van der Waals surface area contributed by atoms with Gasteiger partial charge in [-0.1, -0.05) is 110 Å². The molecule has 7 aromatic rings. The molecule has 0 unspecified atom stereocenters. The van der Waals surface area contributed by atoms with Gasteiger partial charge in [-0.2, -0.15) is 0 Å². The summed E-state index contributed by atoms with van der Waals surface area (Å²) in [6.07, 6.45) is 1.47. The lowest BCUT2D eigenvalue weighted by Gasteiger charge is -2.13. The number of thiophene rings is 1. The van der Waals surface area contributed by atoms with Crippen LogP contribution >= 0.6 is 11.3 Å². The number of sulfone groups is 1. The predicted octanol–water partition coefficient (Wildman–Crippen LogP) is 10.3. The molecule has 0 saturated heterocycles. The fourth-order valence-corrected chi connectivity index (χ4v) is 9.24. The number of hydrogen-bond acceptors (Lipinski definition) is 3. The molecule has 4 heteroatoms. The Hall–Kier alpha value is -3.99. The maximum Gasteiger partial charge on any atom is 0.179 e. The van der Waals surface area contributed by atoms with E-state index in [4.69, 9.17) is 0 Å². The Labute approximate surface area is 238 Å². The maximum atomic E-state index is 14.0. The topological polar surface area (TPSA) is 34.1 Å². The van der Waals surface area contributed by atoms with Crippen molar-refractivity contribution in [2.24, 2.45) is 0 Å². The molecule has 0 fully saturated rings. The van der Waals surface area contributed by atoms with Crippen molar-refractivity contribution in [1.82, 2.24) is 0 Å². The smallest absolute Gasteiger partial charge is 0.179 e. The zero-order chi connectivity index (χ0) is 27.3. The van der Waals surface area contributed by atoms with Gasteiger partial charge in [0.1, 0.15) is 0 Å². The lowest BCUT2D eigenvalue weighted by molar-refractivity contribution is 0.593. The summed E-state index contributed by atoms with van der Waals surface area (Å²) in [5.41, 5.74) is 2.10. The van der Waals surface area contributed by atoms with Crippen molar-refractivity contribution in [2.45, 2.75) is 24.7 Å². The van der Waals surface area contributed by atoms with E-state index in [1.807, 2.05) is 37.3 Å². The van der Waals surface area contributed by atoms with Crippen LogP contribution in [0.25, 0.3) is 64.0 Å². The molecule has 0 aliphatic heterocycles. The summed E-state index contributed by atoms with van der Waals surface area (Å²) in [7, 11) is -3.52. The van der Waals surface area contributed by atoms with Crippen molar-refractivity contribution in [3.63, 3.8) is 0 Å². The molecule has 0 aliphatic carbocycles. The highest BCUT2D eigenvalue weighted by Crippen LogP contribution is 2.49. The highest BCUT2D eigenvalue weighted by Gasteiger charge is 2.26. The third-order valence-corrected chi connectivity index (χ3v) is 10.9. The van der Waals surface area contributed by atoms with E-state index in [0.717, 1.165) is 70.4 Å².